The van der Waals surface area contributed by atoms with Crippen molar-refractivity contribution in [2.75, 3.05) is 18.4 Å². The summed E-state index contributed by atoms with van der Waals surface area (Å²) in [5, 5.41) is 4.98. The van der Waals surface area contributed by atoms with Gasteiger partial charge in [-0.3, -0.25) is 4.79 Å². The number of nitrogens with zero attached hydrogens (tertiary/aromatic N) is 2. The Hall–Kier alpha value is -2.62. The normalized spacial score (nSPS) is 14.6. The number of thiazole rings is 1. The quantitative estimate of drug-likeness (QED) is 0.571. The summed E-state index contributed by atoms with van der Waals surface area (Å²) >= 11 is 1.28. The first-order chi connectivity index (χ1) is 14.9. The number of halogens is 1. The highest BCUT2D eigenvalue weighted by molar-refractivity contribution is 7.89. The number of carbonyl (C=O) groups excluding carboxylic acids is 1. The van der Waals surface area contributed by atoms with E-state index < -0.39 is 10.0 Å². The lowest BCUT2D eigenvalue weighted by Crippen LogP contribution is -2.27. The summed E-state index contributed by atoms with van der Waals surface area (Å²) in [6.07, 6.45) is 2.52. The van der Waals surface area contributed by atoms with Crippen molar-refractivity contribution in [3.8, 4) is 11.3 Å². The lowest BCUT2D eigenvalue weighted by atomic mass is 10.1. The van der Waals surface area contributed by atoms with Gasteiger partial charge in [-0.1, -0.05) is 24.3 Å². The second kappa shape index (κ2) is 9.25. The number of benzene rings is 2. The van der Waals surface area contributed by atoms with Crippen LogP contribution in [0.3, 0.4) is 0 Å². The van der Waals surface area contributed by atoms with Crippen molar-refractivity contribution in [1.29, 1.82) is 0 Å². The van der Waals surface area contributed by atoms with Gasteiger partial charge in [0.15, 0.2) is 5.13 Å². The molecule has 0 unspecified atom stereocenters. The Bertz CT molecular complexity index is 1170. The molecule has 9 heteroatoms. The average molecular weight is 460 g/mol. The number of carbonyl (C=O) groups is 1. The van der Waals surface area contributed by atoms with Crippen molar-refractivity contribution in [3.05, 3.63) is 65.3 Å². The topological polar surface area (TPSA) is 79.4 Å². The second-order valence-electron chi connectivity index (χ2n) is 7.35. The van der Waals surface area contributed by atoms with Gasteiger partial charge in [0, 0.05) is 30.5 Å². The zero-order chi connectivity index (χ0) is 21.8. The number of anilines is 1. The molecule has 0 saturated carbocycles. The van der Waals surface area contributed by atoms with E-state index >= 15 is 0 Å². The number of aryl methyl sites for hydroxylation is 1. The summed E-state index contributed by atoms with van der Waals surface area (Å²) in [6, 6.07) is 12.9. The minimum Gasteiger partial charge on any atom is -0.302 e. The first-order valence-electron chi connectivity index (χ1n) is 10.0. The molecule has 1 amide bonds. The molecule has 0 atom stereocenters. The summed E-state index contributed by atoms with van der Waals surface area (Å²) in [5.74, 6) is -0.524. The molecule has 2 heterocycles. The van der Waals surface area contributed by atoms with Crippen LogP contribution in [0.1, 0.15) is 24.8 Å². The number of sulfonamides is 1. The van der Waals surface area contributed by atoms with E-state index in [1.165, 1.54) is 27.8 Å². The average Bonchev–Trinajstić information content (AvgIpc) is 3.45. The van der Waals surface area contributed by atoms with Gasteiger partial charge in [-0.25, -0.2) is 17.8 Å². The fraction of sp³-hybridized carbons (Fsp3) is 0.273. The summed E-state index contributed by atoms with van der Waals surface area (Å²) in [5.41, 5.74) is 2.14. The van der Waals surface area contributed by atoms with Gasteiger partial charge in [0.25, 0.3) is 0 Å². The Morgan fingerprint density at radius 3 is 2.58 bits per heavy atom. The zero-order valence-corrected chi connectivity index (χ0v) is 18.4. The highest BCUT2D eigenvalue weighted by Gasteiger charge is 2.26. The monoisotopic (exact) mass is 459 g/mol. The molecule has 0 bridgehead atoms. The molecule has 4 rings (SSSR count). The molecule has 1 saturated heterocycles. The van der Waals surface area contributed by atoms with E-state index in [2.05, 4.69) is 10.3 Å². The number of nitrogens with one attached hydrogen (secondary N) is 1. The fourth-order valence-corrected chi connectivity index (χ4v) is 5.71. The number of amides is 1. The molecule has 3 aromatic rings. The first-order valence-corrected chi connectivity index (χ1v) is 12.3. The molecular weight excluding hydrogens is 437 g/mol. The van der Waals surface area contributed by atoms with E-state index in [4.69, 9.17) is 0 Å². The predicted molar refractivity (Wildman–Crippen MR) is 119 cm³/mol. The van der Waals surface area contributed by atoms with Crippen molar-refractivity contribution in [1.82, 2.24) is 9.29 Å². The molecule has 0 radical (unpaired) electrons. The molecule has 2 aromatic carbocycles. The second-order valence-corrected chi connectivity index (χ2v) is 10.1. The van der Waals surface area contributed by atoms with Crippen molar-refractivity contribution in [2.45, 2.75) is 30.6 Å². The minimum atomic E-state index is -3.43. The van der Waals surface area contributed by atoms with Gasteiger partial charge in [0.1, 0.15) is 5.82 Å². The highest BCUT2D eigenvalue weighted by Crippen LogP contribution is 2.26. The van der Waals surface area contributed by atoms with E-state index in [0.29, 0.717) is 35.9 Å². The lowest BCUT2D eigenvalue weighted by Gasteiger charge is -2.15. The molecule has 31 heavy (non-hydrogen) atoms. The maximum absolute atomic E-state index is 13.4. The third kappa shape index (κ3) is 5.17. The third-order valence-corrected chi connectivity index (χ3v) is 7.81. The number of aromatic nitrogens is 1. The van der Waals surface area contributed by atoms with Crippen molar-refractivity contribution in [2.24, 2.45) is 0 Å². The largest absolute Gasteiger partial charge is 0.302 e. The van der Waals surface area contributed by atoms with Gasteiger partial charge in [0.05, 0.1) is 10.6 Å². The Kier molecular flexibility index (Phi) is 6.45. The van der Waals surface area contributed by atoms with Crippen LogP contribution in [-0.4, -0.2) is 36.7 Å². The summed E-state index contributed by atoms with van der Waals surface area (Å²) in [7, 11) is -3.43. The van der Waals surface area contributed by atoms with E-state index in [1.54, 1.807) is 41.8 Å². The number of hydrogen-bond acceptors (Lipinski definition) is 5. The number of hydrogen-bond donors (Lipinski definition) is 1. The van der Waals surface area contributed by atoms with Crippen molar-refractivity contribution >= 4 is 32.4 Å². The van der Waals surface area contributed by atoms with Crippen LogP contribution in [0.15, 0.2) is 58.8 Å². The highest BCUT2D eigenvalue weighted by atomic mass is 32.2. The van der Waals surface area contributed by atoms with Gasteiger partial charge >= 0.3 is 0 Å². The summed E-state index contributed by atoms with van der Waals surface area (Å²) in [6.45, 7) is 1.14. The van der Waals surface area contributed by atoms with Crippen LogP contribution in [0.4, 0.5) is 9.52 Å². The Labute approximate surface area is 184 Å². The van der Waals surface area contributed by atoms with E-state index in [1.807, 2.05) is 0 Å². The molecule has 6 nitrogen and oxygen atoms in total. The molecule has 0 aliphatic carbocycles. The van der Waals surface area contributed by atoms with Crippen molar-refractivity contribution < 1.29 is 17.6 Å². The standard InChI is InChI=1S/C22H22FN3O3S2/c23-18-5-3-4-17(14-18)20-15-30-22(24-20)25-21(27)11-8-16-6-9-19(10-7-16)31(28,29)26-12-1-2-13-26/h3-7,9-10,14-15H,1-2,8,11-13H2,(H,24,25,27). The van der Waals surface area contributed by atoms with Gasteiger partial charge in [-0.05, 0) is 49.1 Å². The van der Waals surface area contributed by atoms with Gasteiger partial charge in [-0.15, -0.1) is 11.3 Å². The molecule has 1 aromatic heterocycles. The van der Waals surface area contributed by atoms with Crippen LogP contribution in [0.25, 0.3) is 11.3 Å². The zero-order valence-electron chi connectivity index (χ0n) is 16.8. The molecule has 1 fully saturated rings. The van der Waals surface area contributed by atoms with E-state index in [0.717, 1.165) is 18.4 Å². The van der Waals surface area contributed by atoms with Crippen LogP contribution in [0.2, 0.25) is 0 Å². The van der Waals surface area contributed by atoms with Crippen LogP contribution in [0, 0.1) is 5.82 Å². The lowest BCUT2D eigenvalue weighted by molar-refractivity contribution is -0.116. The fourth-order valence-electron chi connectivity index (χ4n) is 3.46. The minimum absolute atomic E-state index is 0.186. The first kappa shape index (κ1) is 21.6. The van der Waals surface area contributed by atoms with E-state index in [-0.39, 0.29) is 23.0 Å². The van der Waals surface area contributed by atoms with E-state index in [9.17, 15) is 17.6 Å². The summed E-state index contributed by atoms with van der Waals surface area (Å²) < 4.78 is 40.0. The van der Waals surface area contributed by atoms with Crippen LogP contribution >= 0.6 is 11.3 Å². The maximum Gasteiger partial charge on any atom is 0.243 e. The molecule has 162 valence electrons. The molecule has 1 aliphatic heterocycles. The third-order valence-electron chi connectivity index (χ3n) is 5.14. The number of rotatable bonds is 7. The molecule has 1 N–H and O–H groups in total. The summed E-state index contributed by atoms with van der Waals surface area (Å²) in [4.78, 5) is 16.9. The Morgan fingerprint density at radius 2 is 1.87 bits per heavy atom. The van der Waals surface area contributed by atoms with Crippen molar-refractivity contribution in [3.63, 3.8) is 0 Å². The van der Waals surface area contributed by atoms with Crippen LogP contribution < -0.4 is 5.32 Å². The Morgan fingerprint density at radius 1 is 1.13 bits per heavy atom. The van der Waals surface area contributed by atoms with Gasteiger partial charge in [-0.2, -0.15) is 4.31 Å². The van der Waals surface area contributed by atoms with Crippen LogP contribution in [-0.2, 0) is 21.2 Å². The Balaban J connectivity index is 1.32. The smallest absolute Gasteiger partial charge is 0.243 e. The maximum atomic E-state index is 13.4. The predicted octanol–water partition coefficient (Wildman–Crippen LogP) is 4.31. The molecule has 1 aliphatic rings. The SMILES string of the molecule is O=C(CCc1ccc(S(=O)(=O)N2CCCC2)cc1)Nc1nc(-c2cccc(F)c2)cs1. The molecular formula is C22H22FN3O3S2. The van der Waals surface area contributed by atoms with Gasteiger partial charge < -0.3 is 5.32 Å². The van der Waals surface area contributed by atoms with Gasteiger partial charge in [0.2, 0.25) is 15.9 Å². The molecule has 0 spiro atoms. The van der Waals surface area contributed by atoms with Crippen LogP contribution in [0.5, 0.6) is 0 Å².